The first kappa shape index (κ1) is 23.8. The van der Waals surface area contributed by atoms with Crippen LogP contribution in [0.5, 0.6) is 5.75 Å². The molecule has 1 saturated carbocycles. The van der Waals surface area contributed by atoms with Gasteiger partial charge in [0.1, 0.15) is 18.0 Å². The monoisotopic (exact) mass is 438 g/mol. The molecule has 0 aliphatic heterocycles. The van der Waals surface area contributed by atoms with E-state index >= 15 is 0 Å². The topological polar surface area (TPSA) is 61.8 Å². The standard InChI is InChI=1S/C27H34O5/c1-4-20(3)22-13-11-21(12-14-22)18-31-26(29)23-9-8-10-24(17-23)30-19-25(28)32-27(5-2)15-6-7-16-27/h8-14,17,20H,4-7,15-16,18-19H2,1-3H3. The Bertz CT molecular complexity index is 897. The Kier molecular flexibility index (Phi) is 8.32. The molecule has 2 aromatic carbocycles. The minimum absolute atomic E-state index is 0.178. The molecule has 1 unspecified atom stereocenters. The van der Waals surface area contributed by atoms with Crippen molar-refractivity contribution < 1.29 is 23.8 Å². The zero-order valence-corrected chi connectivity index (χ0v) is 19.4. The molecule has 2 aromatic rings. The van der Waals surface area contributed by atoms with Gasteiger partial charge in [0, 0.05) is 0 Å². The number of hydrogen-bond acceptors (Lipinski definition) is 5. The van der Waals surface area contributed by atoms with E-state index in [2.05, 4.69) is 32.9 Å². The summed E-state index contributed by atoms with van der Waals surface area (Å²) < 4.78 is 16.7. The zero-order valence-electron chi connectivity index (χ0n) is 19.4. The van der Waals surface area contributed by atoms with E-state index in [0.29, 0.717) is 17.2 Å². The molecule has 172 valence electrons. The molecular weight excluding hydrogens is 404 g/mol. The van der Waals surface area contributed by atoms with Crippen LogP contribution >= 0.6 is 0 Å². The lowest BCUT2D eigenvalue weighted by Crippen LogP contribution is -2.33. The molecule has 0 spiro atoms. The van der Waals surface area contributed by atoms with Crippen LogP contribution < -0.4 is 4.74 Å². The molecule has 1 aliphatic rings. The van der Waals surface area contributed by atoms with Crippen molar-refractivity contribution in [3.8, 4) is 5.75 Å². The van der Waals surface area contributed by atoms with Crippen LogP contribution in [0.2, 0.25) is 0 Å². The van der Waals surface area contributed by atoms with E-state index < -0.39 is 5.97 Å². The highest BCUT2D eigenvalue weighted by atomic mass is 16.6. The highest BCUT2D eigenvalue weighted by Gasteiger charge is 2.35. The van der Waals surface area contributed by atoms with Crippen LogP contribution in [0.3, 0.4) is 0 Å². The summed E-state index contributed by atoms with van der Waals surface area (Å²) in [6.45, 7) is 6.44. The van der Waals surface area contributed by atoms with Crippen LogP contribution in [-0.4, -0.2) is 24.1 Å². The van der Waals surface area contributed by atoms with Gasteiger partial charge in [0.05, 0.1) is 5.56 Å². The average molecular weight is 439 g/mol. The summed E-state index contributed by atoms with van der Waals surface area (Å²) >= 11 is 0. The van der Waals surface area contributed by atoms with Crippen molar-refractivity contribution >= 4 is 11.9 Å². The molecule has 0 N–H and O–H groups in total. The van der Waals surface area contributed by atoms with Gasteiger partial charge in [-0.25, -0.2) is 9.59 Å². The maximum absolute atomic E-state index is 12.5. The van der Waals surface area contributed by atoms with Gasteiger partial charge >= 0.3 is 11.9 Å². The van der Waals surface area contributed by atoms with E-state index in [1.54, 1.807) is 24.3 Å². The summed E-state index contributed by atoms with van der Waals surface area (Å²) in [7, 11) is 0. The van der Waals surface area contributed by atoms with Crippen LogP contribution in [0.4, 0.5) is 0 Å². The van der Waals surface area contributed by atoms with E-state index in [1.807, 2.05) is 12.1 Å². The van der Waals surface area contributed by atoms with E-state index in [4.69, 9.17) is 14.2 Å². The highest BCUT2D eigenvalue weighted by molar-refractivity contribution is 5.89. The molecule has 3 rings (SSSR count). The first-order chi connectivity index (χ1) is 15.4. The summed E-state index contributed by atoms with van der Waals surface area (Å²) in [5.41, 5.74) is 2.27. The first-order valence-electron chi connectivity index (χ1n) is 11.7. The lowest BCUT2D eigenvalue weighted by Gasteiger charge is -2.27. The Hall–Kier alpha value is -2.82. The van der Waals surface area contributed by atoms with Gasteiger partial charge in [-0.1, -0.05) is 51.1 Å². The second-order valence-corrected chi connectivity index (χ2v) is 8.66. The van der Waals surface area contributed by atoms with Crippen molar-refractivity contribution in [2.75, 3.05) is 6.61 Å². The Labute approximate surface area is 191 Å². The first-order valence-corrected chi connectivity index (χ1v) is 11.7. The van der Waals surface area contributed by atoms with Crippen molar-refractivity contribution in [3.05, 3.63) is 65.2 Å². The second kappa shape index (κ2) is 11.2. The molecule has 5 heteroatoms. The number of carbonyl (C=O) groups is 2. The number of hydrogen-bond donors (Lipinski definition) is 0. The molecule has 1 atom stereocenters. The summed E-state index contributed by atoms with van der Waals surface area (Å²) in [5.74, 6) is 0.144. The Morgan fingerprint density at radius 1 is 1.03 bits per heavy atom. The van der Waals surface area contributed by atoms with Gasteiger partial charge in [0.2, 0.25) is 0 Å². The molecule has 1 aliphatic carbocycles. The molecule has 0 aromatic heterocycles. The third-order valence-corrected chi connectivity index (χ3v) is 6.45. The number of rotatable bonds is 10. The minimum atomic E-state index is -0.431. The summed E-state index contributed by atoms with van der Waals surface area (Å²) in [4.78, 5) is 24.7. The summed E-state index contributed by atoms with van der Waals surface area (Å²) in [5, 5.41) is 0. The fourth-order valence-electron chi connectivity index (χ4n) is 4.08. The quantitative estimate of drug-likeness (QED) is 0.413. The van der Waals surface area contributed by atoms with Gasteiger partial charge in [-0.15, -0.1) is 0 Å². The van der Waals surface area contributed by atoms with Crippen LogP contribution in [0.1, 0.15) is 86.7 Å². The smallest absolute Gasteiger partial charge is 0.344 e. The average Bonchev–Trinajstić information content (AvgIpc) is 3.30. The van der Waals surface area contributed by atoms with Crippen LogP contribution in [-0.2, 0) is 20.9 Å². The maximum Gasteiger partial charge on any atom is 0.344 e. The zero-order chi connectivity index (χ0) is 23.0. The van der Waals surface area contributed by atoms with Crippen molar-refractivity contribution in [3.63, 3.8) is 0 Å². The second-order valence-electron chi connectivity index (χ2n) is 8.66. The molecule has 0 radical (unpaired) electrons. The van der Waals surface area contributed by atoms with Gasteiger partial charge in [0.15, 0.2) is 6.61 Å². The predicted molar refractivity (Wildman–Crippen MR) is 124 cm³/mol. The fourth-order valence-corrected chi connectivity index (χ4v) is 4.08. The van der Waals surface area contributed by atoms with Gasteiger partial charge in [-0.2, -0.15) is 0 Å². The number of benzene rings is 2. The summed E-state index contributed by atoms with van der Waals surface area (Å²) in [6, 6.07) is 14.8. The van der Waals surface area contributed by atoms with Crippen molar-refractivity contribution in [1.82, 2.24) is 0 Å². The molecule has 0 heterocycles. The Balaban J connectivity index is 1.50. The van der Waals surface area contributed by atoms with E-state index in [9.17, 15) is 9.59 Å². The third-order valence-electron chi connectivity index (χ3n) is 6.45. The van der Waals surface area contributed by atoms with Gasteiger partial charge in [-0.3, -0.25) is 0 Å². The van der Waals surface area contributed by atoms with E-state index in [-0.39, 0.29) is 24.8 Å². The molecular formula is C27H34O5. The van der Waals surface area contributed by atoms with Gasteiger partial charge in [0.25, 0.3) is 0 Å². The van der Waals surface area contributed by atoms with E-state index in [0.717, 1.165) is 44.1 Å². The lowest BCUT2D eigenvalue weighted by molar-refractivity contribution is -0.162. The molecule has 0 bridgehead atoms. The lowest BCUT2D eigenvalue weighted by atomic mass is 9.98. The van der Waals surface area contributed by atoms with Crippen molar-refractivity contribution in [2.24, 2.45) is 0 Å². The van der Waals surface area contributed by atoms with Crippen molar-refractivity contribution in [2.45, 2.75) is 77.4 Å². The molecule has 5 nitrogen and oxygen atoms in total. The van der Waals surface area contributed by atoms with Crippen LogP contribution in [0.25, 0.3) is 0 Å². The highest BCUT2D eigenvalue weighted by Crippen LogP contribution is 2.36. The number of ether oxygens (including phenoxy) is 3. The predicted octanol–water partition coefficient (Wildman–Crippen LogP) is 6.20. The third kappa shape index (κ3) is 6.35. The minimum Gasteiger partial charge on any atom is -0.482 e. The largest absolute Gasteiger partial charge is 0.482 e. The molecule has 32 heavy (non-hydrogen) atoms. The maximum atomic E-state index is 12.5. The SMILES string of the molecule is CCC(C)c1ccc(COC(=O)c2cccc(OCC(=O)OC3(CC)CCCC3)c2)cc1. The fraction of sp³-hybridized carbons (Fsp3) is 0.481. The molecule has 1 fully saturated rings. The molecule has 0 amide bonds. The van der Waals surface area contributed by atoms with Gasteiger partial charge in [-0.05, 0) is 73.8 Å². The summed E-state index contributed by atoms with van der Waals surface area (Å²) in [6.07, 6.45) is 5.92. The number of esters is 2. The van der Waals surface area contributed by atoms with Crippen molar-refractivity contribution in [1.29, 1.82) is 0 Å². The van der Waals surface area contributed by atoms with E-state index in [1.165, 1.54) is 5.56 Å². The molecule has 0 saturated heterocycles. The normalized spacial score (nSPS) is 15.7. The van der Waals surface area contributed by atoms with Crippen LogP contribution in [0.15, 0.2) is 48.5 Å². The van der Waals surface area contributed by atoms with Gasteiger partial charge < -0.3 is 14.2 Å². The Morgan fingerprint density at radius 3 is 2.41 bits per heavy atom. The van der Waals surface area contributed by atoms with Crippen LogP contribution in [0, 0.1) is 0 Å². The Morgan fingerprint density at radius 2 is 1.75 bits per heavy atom. The number of carbonyl (C=O) groups excluding carboxylic acids is 2.